The lowest BCUT2D eigenvalue weighted by molar-refractivity contribution is -0.137. The minimum absolute atomic E-state index is 0.294. The molecular formula is C23H34O2. The molecule has 0 saturated heterocycles. The molecule has 2 rings (SSSR count). The molecule has 0 aromatic heterocycles. The van der Waals surface area contributed by atoms with E-state index in [1.165, 1.54) is 25.7 Å². The van der Waals surface area contributed by atoms with E-state index in [0.29, 0.717) is 12.3 Å². The maximum Gasteiger partial charge on any atom is 0.303 e. The van der Waals surface area contributed by atoms with E-state index in [2.05, 4.69) is 43.9 Å². The molecule has 2 aliphatic carbocycles. The van der Waals surface area contributed by atoms with Gasteiger partial charge in [-0.05, 0) is 68.6 Å². The van der Waals surface area contributed by atoms with Crippen molar-refractivity contribution in [1.29, 1.82) is 0 Å². The van der Waals surface area contributed by atoms with E-state index in [1.54, 1.807) is 5.57 Å². The zero-order chi connectivity index (χ0) is 18.1. The van der Waals surface area contributed by atoms with E-state index in [1.807, 2.05) is 0 Å². The minimum atomic E-state index is -0.679. The van der Waals surface area contributed by atoms with Crippen LogP contribution in [0.15, 0.2) is 23.8 Å². The number of fused-ring (bicyclic) bond motifs is 1. The SMILES string of the molecule is CCC#CCC(C)C/C=C/C1CC[C@@H]2CC(=CCCCC(=O)O)C[C@H]12. The van der Waals surface area contributed by atoms with Crippen LogP contribution in [-0.2, 0) is 4.79 Å². The van der Waals surface area contributed by atoms with E-state index >= 15 is 0 Å². The van der Waals surface area contributed by atoms with Gasteiger partial charge in [0, 0.05) is 19.3 Å². The van der Waals surface area contributed by atoms with Crippen LogP contribution < -0.4 is 0 Å². The molecule has 0 amide bonds. The maximum absolute atomic E-state index is 10.6. The second-order valence-electron chi connectivity index (χ2n) is 7.90. The fourth-order valence-corrected chi connectivity index (χ4v) is 4.38. The number of hydrogen-bond donors (Lipinski definition) is 1. The summed E-state index contributed by atoms with van der Waals surface area (Å²) in [4.78, 5) is 10.6. The highest BCUT2D eigenvalue weighted by atomic mass is 16.4. The second-order valence-corrected chi connectivity index (χ2v) is 7.90. The summed E-state index contributed by atoms with van der Waals surface area (Å²) in [5.41, 5.74) is 1.58. The summed E-state index contributed by atoms with van der Waals surface area (Å²) >= 11 is 0. The molecule has 0 spiro atoms. The van der Waals surface area contributed by atoms with Gasteiger partial charge in [0.05, 0.1) is 0 Å². The highest BCUT2D eigenvalue weighted by Gasteiger charge is 2.39. The van der Waals surface area contributed by atoms with Gasteiger partial charge in [-0.1, -0.05) is 37.6 Å². The molecule has 138 valence electrons. The Balaban J connectivity index is 1.74. The van der Waals surface area contributed by atoms with Gasteiger partial charge in [0.25, 0.3) is 0 Å². The van der Waals surface area contributed by atoms with Crippen molar-refractivity contribution in [1.82, 2.24) is 0 Å². The topological polar surface area (TPSA) is 37.3 Å². The quantitative estimate of drug-likeness (QED) is 0.334. The Morgan fingerprint density at radius 1 is 1.32 bits per heavy atom. The molecule has 1 N–H and O–H groups in total. The first-order valence-electron chi connectivity index (χ1n) is 10.1. The zero-order valence-electron chi connectivity index (χ0n) is 16.0. The number of unbranched alkanes of at least 4 members (excludes halogenated alkanes) is 1. The van der Waals surface area contributed by atoms with Gasteiger partial charge in [-0.3, -0.25) is 4.79 Å². The molecular weight excluding hydrogens is 308 g/mol. The van der Waals surface area contributed by atoms with Gasteiger partial charge >= 0.3 is 5.97 Å². The molecule has 0 aromatic carbocycles. The number of hydrogen-bond acceptors (Lipinski definition) is 1. The van der Waals surface area contributed by atoms with Gasteiger partial charge in [-0.15, -0.1) is 11.8 Å². The summed E-state index contributed by atoms with van der Waals surface area (Å²) in [6.45, 7) is 4.39. The van der Waals surface area contributed by atoms with Crippen LogP contribution in [0.1, 0.15) is 78.1 Å². The molecule has 2 saturated carbocycles. The lowest BCUT2D eigenvalue weighted by atomic mass is 9.91. The summed E-state index contributed by atoms with van der Waals surface area (Å²) in [6.07, 6.45) is 17.5. The minimum Gasteiger partial charge on any atom is -0.481 e. The Hall–Kier alpha value is -1.49. The highest BCUT2D eigenvalue weighted by Crippen LogP contribution is 2.50. The zero-order valence-corrected chi connectivity index (χ0v) is 16.0. The highest BCUT2D eigenvalue weighted by molar-refractivity contribution is 5.66. The molecule has 0 bridgehead atoms. The van der Waals surface area contributed by atoms with Crippen LogP contribution in [0.3, 0.4) is 0 Å². The third-order valence-corrected chi connectivity index (χ3v) is 5.75. The summed E-state index contributed by atoms with van der Waals surface area (Å²) in [5.74, 6) is 8.85. The monoisotopic (exact) mass is 342 g/mol. The van der Waals surface area contributed by atoms with Crippen LogP contribution in [0.5, 0.6) is 0 Å². The van der Waals surface area contributed by atoms with Gasteiger partial charge in [-0.25, -0.2) is 0 Å². The van der Waals surface area contributed by atoms with Crippen LogP contribution in [0, 0.1) is 35.5 Å². The summed E-state index contributed by atoms with van der Waals surface area (Å²) in [5, 5.41) is 8.72. The normalized spacial score (nSPS) is 28.1. The standard InChI is InChI=1S/C23H34O2/c1-3-4-5-9-18(2)10-8-12-20-14-15-21-16-19(17-22(20)21)11-6-7-13-23(24)25/h8,11-12,18,20-22H,3,6-7,9-10,13-17H2,1-2H3,(H,24,25)/b12-8+,19-11?/t18?,20?,21-,22-/m1/s1. The predicted octanol–water partition coefficient (Wildman–Crippen LogP) is 5.99. The lowest BCUT2D eigenvalue weighted by Gasteiger charge is -2.14. The number of carboxylic acids is 1. The summed E-state index contributed by atoms with van der Waals surface area (Å²) in [6, 6.07) is 0. The Kier molecular flexibility index (Phi) is 8.32. The number of aliphatic carboxylic acids is 1. The van der Waals surface area contributed by atoms with Crippen molar-refractivity contribution in [2.45, 2.75) is 78.1 Å². The summed E-state index contributed by atoms with van der Waals surface area (Å²) < 4.78 is 0. The van der Waals surface area contributed by atoms with Crippen molar-refractivity contribution in [3.8, 4) is 11.8 Å². The number of carboxylic acid groups (broad SMARTS) is 1. The molecule has 4 atom stereocenters. The maximum atomic E-state index is 10.6. The van der Waals surface area contributed by atoms with Gasteiger partial charge < -0.3 is 5.11 Å². The third-order valence-electron chi connectivity index (χ3n) is 5.75. The first-order valence-corrected chi connectivity index (χ1v) is 10.1. The van der Waals surface area contributed by atoms with Crippen molar-refractivity contribution in [3.63, 3.8) is 0 Å². The van der Waals surface area contributed by atoms with Gasteiger partial charge in [-0.2, -0.15) is 0 Å². The van der Waals surface area contributed by atoms with Crippen LogP contribution in [-0.4, -0.2) is 11.1 Å². The van der Waals surface area contributed by atoms with E-state index < -0.39 is 5.97 Å². The first kappa shape index (κ1) is 19.8. The Morgan fingerprint density at radius 2 is 2.16 bits per heavy atom. The third kappa shape index (κ3) is 6.73. The van der Waals surface area contributed by atoms with Gasteiger partial charge in [0.1, 0.15) is 0 Å². The Labute approximate surface area is 153 Å². The second kappa shape index (κ2) is 10.5. The molecule has 2 fully saturated rings. The predicted molar refractivity (Wildman–Crippen MR) is 104 cm³/mol. The van der Waals surface area contributed by atoms with E-state index in [-0.39, 0.29) is 0 Å². The Morgan fingerprint density at radius 3 is 2.92 bits per heavy atom. The van der Waals surface area contributed by atoms with Gasteiger partial charge in [0.15, 0.2) is 0 Å². The van der Waals surface area contributed by atoms with E-state index in [0.717, 1.165) is 49.9 Å². The average molecular weight is 343 g/mol. The van der Waals surface area contributed by atoms with Crippen molar-refractivity contribution >= 4 is 5.97 Å². The Bertz CT molecular complexity index is 546. The average Bonchev–Trinajstić information content (AvgIpc) is 3.13. The largest absolute Gasteiger partial charge is 0.481 e. The van der Waals surface area contributed by atoms with E-state index in [9.17, 15) is 4.79 Å². The first-order chi connectivity index (χ1) is 12.1. The molecule has 25 heavy (non-hydrogen) atoms. The summed E-state index contributed by atoms with van der Waals surface area (Å²) in [7, 11) is 0. The molecule has 2 nitrogen and oxygen atoms in total. The molecule has 0 aliphatic heterocycles. The number of carbonyl (C=O) groups is 1. The van der Waals surface area contributed by atoms with E-state index in [4.69, 9.17) is 5.11 Å². The van der Waals surface area contributed by atoms with Crippen LogP contribution in [0.25, 0.3) is 0 Å². The molecule has 0 radical (unpaired) electrons. The fraction of sp³-hybridized carbons (Fsp3) is 0.696. The lowest BCUT2D eigenvalue weighted by Crippen LogP contribution is -2.06. The number of rotatable bonds is 8. The molecule has 2 unspecified atom stereocenters. The van der Waals surface area contributed by atoms with Crippen molar-refractivity contribution < 1.29 is 9.90 Å². The number of allylic oxidation sites excluding steroid dienone is 4. The van der Waals surface area contributed by atoms with Crippen molar-refractivity contribution in [2.24, 2.45) is 23.7 Å². The smallest absolute Gasteiger partial charge is 0.303 e. The van der Waals surface area contributed by atoms with Crippen LogP contribution in [0.4, 0.5) is 0 Å². The molecule has 2 aliphatic rings. The molecule has 2 heteroatoms. The molecule has 0 aromatic rings. The van der Waals surface area contributed by atoms with Crippen LogP contribution >= 0.6 is 0 Å². The molecule has 0 heterocycles. The van der Waals surface area contributed by atoms with Crippen molar-refractivity contribution in [2.75, 3.05) is 0 Å². The van der Waals surface area contributed by atoms with Gasteiger partial charge in [0.2, 0.25) is 0 Å². The fourth-order valence-electron chi connectivity index (χ4n) is 4.38. The van der Waals surface area contributed by atoms with Crippen molar-refractivity contribution in [3.05, 3.63) is 23.8 Å². The van der Waals surface area contributed by atoms with Crippen LogP contribution in [0.2, 0.25) is 0 Å².